The highest BCUT2D eigenvalue weighted by molar-refractivity contribution is 5.81. The number of carbonyl (C=O) groups is 4. The quantitative estimate of drug-likeness (QED) is 0.166. The first-order chi connectivity index (χ1) is 14.6. The standard InChI is InChI=1S/C19H26N2O10/c22-14-4-2-1-3-11(14)10-31-16(24)9-13(18(27)28)21-7-5-12(17(25)26)20-8-6-15(23)19(29)30/h1-4,12-13,15,20-23H,5-10H2,(H,25,26)(H,27,28)(H,29,30)/t12?,13?,15-/m0/s1. The highest BCUT2D eigenvalue weighted by Crippen LogP contribution is 2.16. The summed E-state index contributed by atoms with van der Waals surface area (Å²) >= 11 is 0. The maximum atomic E-state index is 11.9. The van der Waals surface area contributed by atoms with Gasteiger partial charge in [0.1, 0.15) is 24.4 Å². The average Bonchev–Trinajstić information content (AvgIpc) is 2.70. The minimum Gasteiger partial charge on any atom is -0.508 e. The number of hydrogen-bond donors (Lipinski definition) is 7. The molecule has 0 aliphatic rings. The molecular formula is C19H26N2O10. The third-order valence-electron chi connectivity index (χ3n) is 4.26. The SMILES string of the molecule is O=C(CC(NCCC(NCC[C@H](O)C(=O)O)C(=O)O)C(=O)O)OCc1ccccc1O. The van der Waals surface area contributed by atoms with Crippen LogP contribution in [-0.2, 0) is 30.5 Å². The maximum absolute atomic E-state index is 11.9. The number of carboxylic acids is 3. The predicted octanol–water partition coefficient (Wildman–Crippen LogP) is -0.863. The minimum absolute atomic E-state index is 0.0603. The summed E-state index contributed by atoms with van der Waals surface area (Å²) in [4.78, 5) is 45.1. The van der Waals surface area contributed by atoms with E-state index >= 15 is 0 Å². The molecule has 0 spiro atoms. The van der Waals surface area contributed by atoms with Crippen LogP contribution in [0.1, 0.15) is 24.8 Å². The fourth-order valence-corrected chi connectivity index (χ4v) is 2.50. The van der Waals surface area contributed by atoms with Crippen molar-refractivity contribution in [1.29, 1.82) is 0 Å². The number of para-hydroxylation sites is 1. The lowest BCUT2D eigenvalue weighted by Gasteiger charge is -2.18. The molecule has 1 aromatic carbocycles. The van der Waals surface area contributed by atoms with Gasteiger partial charge in [-0.3, -0.25) is 14.4 Å². The average molecular weight is 442 g/mol. The number of aromatic hydroxyl groups is 1. The fourth-order valence-electron chi connectivity index (χ4n) is 2.50. The minimum atomic E-state index is -1.62. The molecule has 2 unspecified atom stereocenters. The summed E-state index contributed by atoms with van der Waals surface area (Å²) < 4.78 is 4.97. The summed E-state index contributed by atoms with van der Waals surface area (Å²) in [5, 5.41) is 51.0. The number of rotatable bonds is 15. The molecule has 0 aliphatic carbocycles. The van der Waals surface area contributed by atoms with Crippen LogP contribution in [0.2, 0.25) is 0 Å². The summed E-state index contributed by atoms with van der Waals surface area (Å²) in [6, 6.07) is 3.76. The van der Waals surface area contributed by atoms with Crippen molar-refractivity contribution in [2.45, 2.75) is 44.1 Å². The van der Waals surface area contributed by atoms with Crippen LogP contribution in [0.4, 0.5) is 0 Å². The second kappa shape index (κ2) is 13.2. The van der Waals surface area contributed by atoms with Gasteiger partial charge in [0.05, 0.1) is 6.42 Å². The number of benzene rings is 1. The molecule has 0 aromatic heterocycles. The van der Waals surface area contributed by atoms with Crippen molar-refractivity contribution in [1.82, 2.24) is 10.6 Å². The van der Waals surface area contributed by atoms with Crippen LogP contribution in [0.5, 0.6) is 5.75 Å². The van der Waals surface area contributed by atoms with Gasteiger partial charge in [-0.1, -0.05) is 18.2 Å². The van der Waals surface area contributed by atoms with Crippen LogP contribution in [0.3, 0.4) is 0 Å². The van der Waals surface area contributed by atoms with E-state index in [9.17, 15) is 39.6 Å². The third kappa shape index (κ3) is 9.89. The zero-order valence-corrected chi connectivity index (χ0v) is 16.6. The molecule has 0 radical (unpaired) electrons. The molecule has 0 fully saturated rings. The molecule has 12 nitrogen and oxygen atoms in total. The topological polar surface area (TPSA) is 203 Å². The number of phenols is 1. The first kappa shape index (κ1) is 25.8. The Labute approximate surface area is 177 Å². The molecule has 0 saturated heterocycles. The third-order valence-corrected chi connectivity index (χ3v) is 4.26. The number of aliphatic hydroxyl groups is 1. The van der Waals surface area contributed by atoms with Gasteiger partial charge in [-0.05, 0) is 32.0 Å². The molecule has 7 N–H and O–H groups in total. The second-order valence-electron chi connectivity index (χ2n) is 6.61. The van der Waals surface area contributed by atoms with Crippen molar-refractivity contribution in [3.05, 3.63) is 29.8 Å². The van der Waals surface area contributed by atoms with Crippen LogP contribution in [0.25, 0.3) is 0 Å². The number of aliphatic carboxylic acids is 3. The Kier molecular flexibility index (Phi) is 11.0. The number of phenolic OH excluding ortho intramolecular Hbond substituents is 1. The van der Waals surface area contributed by atoms with Gasteiger partial charge >= 0.3 is 23.9 Å². The van der Waals surface area contributed by atoms with Crippen LogP contribution < -0.4 is 10.6 Å². The van der Waals surface area contributed by atoms with E-state index in [-0.39, 0.29) is 38.3 Å². The number of aliphatic hydroxyl groups excluding tert-OH is 1. The Balaban J connectivity index is 2.46. The van der Waals surface area contributed by atoms with E-state index in [1.807, 2.05) is 0 Å². The van der Waals surface area contributed by atoms with Crippen molar-refractivity contribution in [3.63, 3.8) is 0 Å². The van der Waals surface area contributed by atoms with Crippen molar-refractivity contribution in [2.75, 3.05) is 13.1 Å². The van der Waals surface area contributed by atoms with Gasteiger partial charge in [0.2, 0.25) is 0 Å². The van der Waals surface area contributed by atoms with E-state index in [1.165, 1.54) is 6.07 Å². The zero-order chi connectivity index (χ0) is 23.4. The molecule has 172 valence electrons. The van der Waals surface area contributed by atoms with Gasteiger partial charge in [0.15, 0.2) is 6.10 Å². The summed E-state index contributed by atoms with van der Waals surface area (Å²) in [7, 11) is 0. The molecule has 12 heteroatoms. The van der Waals surface area contributed by atoms with E-state index in [0.29, 0.717) is 5.56 Å². The Hall–Kier alpha value is -3.22. The molecule has 0 aliphatic heterocycles. The Bertz CT molecular complexity index is 770. The Morgan fingerprint density at radius 2 is 1.45 bits per heavy atom. The van der Waals surface area contributed by atoms with E-state index < -0.39 is 48.5 Å². The summed E-state index contributed by atoms with van der Waals surface area (Å²) in [6.45, 7) is -0.383. The van der Waals surface area contributed by atoms with E-state index in [1.54, 1.807) is 18.2 Å². The number of nitrogens with one attached hydrogen (secondary N) is 2. The molecule has 1 rings (SSSR count). The molecule has 0 bridgehead atoms. The number of carbonyl (C=O) groups excluding carboxylic acids is 1. The smallest absolute Gasteiger partial charge is 0.332 e. The molecule has 0 amide bonds. The maximum Gasteiger partial charge on any atom is 0.332 e. The van der Waals surface area contributed by atoms with Crippen LogP contribution in [-0.4, -0.2) is 80.7 Å². The second-order valence-corrected chi connectivity index (χ2v) is 6.61. The summed E-state index contributed by atoms with van der Waals surface area (Å²) in [6.07, 6.45) is -2.40. The van der Waals surface area contributed by atoms with E-state index in [2.05, 4.69) is 10.6 Å². The molecule has 3 atom stereocenters. The molecule has 1 aromatic rings. The summed E-state index contributed by atoms with van der Waals surface area (Å²) in [5.74, 6) is -4.87. The first-order valence-corrected chi connectivity index (χ1v) is 9.37. The highest BCUT2D eigenvalue weighted by atomic mass is 16.5. The zero-order valence-electron chi connectivity index (χ0n) is 16.6. The van der Waals surface area contributed by atoms with Gasteiger partial charge < -0.3 is 40.9 Å². The lowest BCUT2D eigenvalue weighted by atomic mass is 10.1. The lowest BCUT2D eigenvalue weighted by molar-refractivity contribution is -0.150. The van der Waals surface area contributed by atoms with Gasteiger partial charge in [-0.15, -0.1) is 0 Å². The monoisotopic (exact) mass is 442 g/mol. The van der Waals surface area contributed by atoms with Gasteiger partial charge in [-0.25, -0.2) is 4.79 Å². The highest BCUT2D eigenvalue weighted by Gasteiger charge is 2.24. The van der Waals surface area contributed by atoms with Crippen LogP contribution >= 0.6 is 0 Å². The van der Waals surface area contributed by atoms with Gasteiger partial charge in [-0.2, -0.15) is 0 Å². The fraction of sp³-hybridized carbons (Fsp3) is 0.474. The van der Waals surface area contributed by atoms with Gasteiger partial charge in [0.25, 0.3) is 0 Å². The predicted molar refractivity (Wildman–Crippen MR) is 104 cm³/mol. The number of hydrogen-bond acceptors (Lipinski definition) is 9. The largest absolute Gasteiger partial charge is 0.508 e. The van der Waals surface area contributed by atoms with E-state index in [4.69, 9.17) is 9.84 Å². The first-order valence-electron chi connectivity index (χ1n) is 9.37. The summed E-state index contributed by atoms with van der Waals surface area (Å²) in [5.41, 5.74) is 0.360. The molecular weight excluding hydrogens is 416 g/mol. The number of carboxylic acid groups (broad SMARTS) is 3. The van der Waals surface area contributed by atoms with Gasteiger partial charge in [0, 0.05) is 5.56 Å². The number of esters is 1. The number of ether oxygens (including phenoxy) is 1. The molecule has 0 heterocycles. The molecule has 31 heavy (non-hydrogen) atoms. The van der Waals surface area contributed by atoms with Crippen LogP contribution in [0, 0.1) is 0 Å². The Morgan fingerprint density at radius 1 is 0.871 bits per heavy atom. The lowest BCUT2D eigenvalue weighted by Crippen LogP contribution is -2.44. The van der Waals surface area contributed by atoms with E-state index in [0.717, 1.165) is 0 Å². The van der Waals surface area contributed by atoms with Crippen molar-refractivity contribution >= 4 is 23.9 Å². The Morgan fingerprint density at radius 3 is 2.03 bits per heavy atom. The molecule has 0 saturated carbocycles. The normalized spacial score (nSPS) is 13.7. The van der Waals surface area contributed by atoms with Crippen molar-refractivity contribution < 1.29 is 49.4 Å². The van der Waals surface area contributed by atoms with Crippen molar-refractivity contribution in [3.8, 4) is 5.75 Å². The van der Waals surface area contributed by atoms with Crippen LogP contribution in [0.15, 0.2) is 24.3 Å². The van der Waals surface area contributed by atoms with Crippen molar-refractivity contribution in [2.24, 2.45) is 0 Å².